The molecule has 2 aromatic rings. The van der Waals surface area contributed by atoms with Crippen molar-refractivity contribution >= 4 is 23.6 Å². The lowest BCUT2D eigenvalue weighted by Crippen LogP contribution is -2.30. The third-order valence-corrected chi connectivity index (χ3v) is 4.01. The minimum atomic E-state index is -2.93. The molecule has 4 nitrogen and oxygen atoms in total. The highest BCUT2D eigenvalue weighted by atomic mass is 19.3. The molecule has 0 bridgehead atoms. The van der Waals surface area contributed by atoms with Gasteiger partial charge in [-0.25, -0.2) is 13.2 Å². The summed E-state index contributed by atoms with van der Waals surface area (Å²) in [6, 6.07) is 3.30. The van der Waals surface area contributed by atoms with Crippen LogP contribution in [0.4, 0.5) is 13.2 Å². The maximum Gasteiger partial charge on any atom is 0.267 e. The average molecular weight is 310 g/mol. The van der Waals surface area contributed by atoms with Crippen molar-refractivity contribution in [2.24, 2.45) is 0 Å². The molecule has 0 unspecified atom stereocenters. The summed E-state index contributed by atoms with van der Waals surface area (Å²) >= 11 is 0. The monoisotopic (exact) mass is 310 g/mol. The Balaban J connectivity index is 1.99. The van der Waals surface area contributed by atoms with Crippen molar-refractivity contribution in [2.75, 3.05) is 6.54 Å². The van der Waals surface area contributed by atoms with Crippen LogP contribution in [0.25, 0.3) is 10.9 Å². The number of nitrogens with zero attached hydrogens (tertiary/aromatic N) is 1. The van der Waals surface area contributed by atoms with Crippen LogP contribution in [0.2, 0.25) is 0 Å². The fourth-order valence-corrected chi connectivity index (χ4v) is 3.04. The van der Waals surface area contributed by atoms with Gasteiger partial charge in [0.15, 0.2) is 6.29 Å². The van der Waals surface area contributed by atoms with Crippen molar-refractivity contribution in [1.29, 1.82) is 0 Å². The molecule has 1 aliphatic heterocycles. The second kappa shape index (κ2) is 5.15. The SMILES string of the molecule is O=Cc1[nH]c2cc(F)ccc2c1C[C@@H]1CC(F)(F)CN1C=O. The van der Waals surface area contributed by atoms with Gasteiger partial charge in [-0.15, -0.1) is 0 Å². The predicted molar refractivity (Wildman–Crippen MR) is 73.5 cm³/mol. The van der Waals surface area contributed by atoms with Crippen LogP contribution in [0.3, 0.4) is 0 Å². The summed E-state index contributed by atoms with van der Waals surface area (Å²) in [4.78, 5) is 26.0. The average Bonchev–Trinajstić information content (AvgIpc) is 2.95. The Bertz CT molecular complexity index is 742. The van der Waals surface area contributed by atoms with Crippen molar-refractivity contribution in [3.8, 4) is 0 Å². The maximum atomic E-state index is 13.5. The van der Waals surface area contributed by atoms with Gasteiger partial charge in [-0.05, 0) is 30.2 Å². The van der Waals surface area contributed by atoms with Gasteiger partial charge in [0.2, 0.25) is 6.41 Å². The van der Waals surface area contributed by atoms with E-state index in [0.717, 1.165) is 4.90 Å². The minimum absolute atomic E-state index is 0.119. The zero-order valence-corrected chi connectivity index (χ0v) is 11.5. The van der Waals surface area contributed by atoms with E-state index < -0.39 is 30.7 Å². The zero-order chi connectivity index (χ0) is 15.9. The van der Waals surface area contributed by atoms with E-state index in [1.54, 1.807) is 0 Å². The highest BCUT2D eigenvalue weighted by Crippen LogP contribution is 2.34. The van der Waals surface area contributed by atoms with Gasteiger partial charge >= 0.3 is 0 Å². The number of carbonyl (C=O) groups excluding carboxylic acids is 2. The molecule has 1 aromatic carbocycles. The molecular formula is C15H13F3N2O2. The molecule has 0 radical (unpaired) electrons. The van der Waals surface area contributed by atoms with Gasteiger partial charge < -0.3 is 9.88 Å². The number of H-pyrrole nitrogens is 1. The van der Waals surface area contributed by atoms with E-state index in [1.165, 1.54) is 18.2 Å². The number of hydrogen-bond donors (Lipinski definition) is 1. The molecule has 1 fully saturated rings. The first-order valence-electron chi connectivity index (χ1n) is 6.77. The molecule has 22 heavy (non-hydrogen) atoms. The van der Waals surface area contributed by atoms with E-state index in [0.29, 0.717) is 29.2 Å². The quantitative estimate of drug-likeness (QED) is 0.882. The molecule has 0 saturated carbocycles. The third kappa shape index (κ3) is 2.47. The first-order chi connectivity index (χ1) is 10.4. The summed E-state index contributed by atoms with van der Waals surface area (Å²) in [7, 11) is 0. The Labute approximate surface area is 123 Å². The van der Waals surface area contributed by atoms with E-state index >= 15 is 0 Å². The highest BCUT2D eigenvalue weighted by molar-refractivity contribution is 5.92. The minimum Gasteiger partial charge on any atom is -0.352 e. The molecule has 1 saturated heterocycles. The van der Waals surface area contributed by atoms with Gasteiger partial charge in [-0.2, -0.15) is 0 Å². The molecule has 0 spiro atoms. The maximum absolute atomic E-state index is 13.5. The first kappa shape index (κ1) is 14.6. The number of amides is 1. The number of fused-ring (bicyclic) bond motifs is 1. The number of aromatic amines is 1. The number of hydrogen-bond acceptors (Lipinski definition) is 2. The van der Waals surface area contributed by atoms with E-state index in [4.69, 9.17) is 0 Å². The number of aldehydes is 1. The van der Waals surface area contributed by atoms with Gasteiger partial charge in [0.05, 0.1) is 12.2 Å². The van der Waals surface area contributed by atoms with Gasteiger partial charge in [0.1, 0.15) is 5.82 Å². The summed E-state index contributed by atoms with van der Waals surface area (Å²) in [6.07, 6.45) is 0.651. The number of aromatic nitrogens is 1. The summed E-state index contributed by atoms with van der Waals surface area (Å²) < 4.78 is 40.2. The predicted octanol–water partition coefficient (Wildman–Crippen LogP) is 2.53. The molecule has 3 rings (SSSR count). The summed E-state index contributed by atoms with van der Waals surface area (Å²) in [5, 5.41) is 0.601. The van der Waals surface area contributed by atoms with Crippen LogP contribution in [-0.2, 0) is 11.2 Å². The summed E-state index contributed by atoms with van der Waals surface area (Å²) in [5.74, 6) is -3.38. The molecule has 1 N–H and O–H groups in total. The molecule has 7 heteroatoms. The number of nitrogens with one attached hydrogen (secondary N) is 1. The second-order valence-electron chi connectivity index (χ2n) is 5.52. The molecule has 1 atom stereocenters. The summed E-state index contributed by atoms with van der Waals surface area (Å²) in [5.41, 5.74) is 1.18. The zero-order valence-electron chi connectivity index (χ0n) is 11.5. The molecule has 1 aromatic heterocycles. The standard InChI is InChI=1S/C15H13F3N2O2/c16-9-1-2-11-12(14(6-21)19-13(11)3-9)4-10-5-15(17,18)7-20(10)8-22/h1-3,6,8,10,19H,4-5,7H2/t10-/m1/s1. The molecule has 1 amide bonds. The Morgan fingerprint density at radius 3 is 2.82 bits per heavy atom. The first-order valence-corrected chi connectivity index (χ1v) is 6.77. The highest BCUT2D eigenvalue weighted by Gasteiger charge is 2.44. The van der Waals surface area contributed by atoms with E-state index in [9.17, 15) is 22.8 Å². The largest absolute Gasteiger partial charge is 0.352 e. The number of rotatable bonds is 4. The summed E-state index contributed by atoms with van der Waals surface area (Å²) in [6.45, 7) is -0.616. The van der Waals surface area contributed by atoms with E-state index in [-0.39, 0.29) is 12.1 Å². The van der Waals surface area contributed by atoms with Crippen molar-refractivity contribution < 1.29 is 22.8 Å². The van der Waals surface area contributed by atoms with E-state index in [1.807, 2.05) is 0 Å². The number of halogens is 3. The van der Waals surface area contributed by atoms with Crippen molar-refractivity contribution in [3.63, 3.8) is 0 Å². The fourth-order valence-electron chi connectivity index (χ4n) is 3.04. The fraction of sp³-hybridized carbons (Fsp3) is 0.333. The molecule has 0 aliphatic carbocycles. The molecular weight excluding hydrogens is 297 g/mol. The third-order valence-electron chi connectivity index (χ3n) is 4.01. The molecule has 116 valence electrons. The van der Waals surface area contributed by atoms with Gasteiger partial charge in [-0.3, -0.25) is 9.59 Å². The Hall–Kier alpha value is -2.31. The Morgan fingerprint density at radius 1 is 1.36 bits per heavy atom. The lowest BCUT2D eigenvalue weighted by atomic mass is 10.0. The van der Waals surface area contributed by atoms with E-state index in [2.05, 4.69) is 4.98 Å². The van der Waals surface area contributed by atoms with Crippen LogP contribution in [-0.4, -0.2) is 41.1 Å². The van der Waals surface area contributed by atoms with Gasteiger partial charge in [0.25, 0.3) is 5.92 Å². The van der Waals surface area contributed by atoms with Gasteiger partial charge in [0, 0.05) is 23.4 Å². The lowest BCUT2D eigenvalue weighted by Gasteiger charge is -2.18. The second-order valence-corrected chi connectivity index (χ2v) is 5.52. The molecule has 2 heterocycles. The van der Waals surface area contributed by atoms with Crippen LogP contribution in [0.5, 0.6) is 0 Å². The normalized spacial score (nSPS) is 20.5. The topological polar surface area (TPSA) is 53.2 Å². The van der Waals surface area contributed by atoms with Crippen LogP contribution >= 0.6 is 0 Å². The number of likely N-dealkylation sites (tertiary alicyclic amines) is 1. The van der Waals surface area contributed by atoms with Gasteiger partial charge in [-0.1, -0.05) is 0 Å². The smallest absolute Gasteiger partial charge is 0.267 e. The number of alkyl halides is 2. The number of benzene rings is 1. The van der Waals surface area contributed by atoms with Crippen molar-refractivity contribution in [3.05, 3.63) is 35.3 Å². The van der Waals surface area contributed by atoms with Crippen LogP contribution in [0.15, 0.2) is 18.2 Å². The van der Waals surface area contributed by atoms with Crippen LogP contribution in [0, 0.1) is 5.82 Å². The lowest BCUT2D eigenvalue weighted by molar-refractivity contribution is -0.120. The molecule has 1 aliphatic rings. The van der Waals surface area contributed by atoms with Crippen molar-refractivity contribution in [1.82, 2.24) is 9.88 Å². The van der Waals surface area contributed by atoms with Crippen molar-refractivity contribution in [2.45, 2.75) is 24.8 Å². The number of carbonyl (C=O) groups is 2. The van der Waals surface area contributed by atoms with Crippen LogP contribution in [0.1, 0.15) is 22.5 Å². The van der Waals surface area contributed by atoms with Crippen LogP contribution < -0.4 is 0 Å². The Kier molecular flexibility index (Phi) is 3.42. The Morgan fingerprint density at radius 2 is 2.14 bits per heavy atom.